The third kappa shape index (κ3) is 7.26. The lowest BCUT2D eigenvalue weighted by Gasteiger charge is -2.37. The minimum Gasteiger partial charge on any atom is -0.497 e. The highest BCUT2D eigenvalue weighted by atomic mass is 32.2. The average molecular weight is 598 g/mol. The van der Waals surface area contributed by atoms with Crippen molar-refractivity contribution in [2.75, 3.05) is 55.5 Å². The number of anilines is 3. The third-order valence-electron chi connectivity index (χ3n) is 7.46. The predicted octanol–water partition coefficient (Wildman–Crippen LogP) is 5.76. The topological polar surface area (TPSA) is 96.9 Å². The van der Waals surface area contributed by atoms with E-state index in [9.17, 15) is 9.59 Å². The van der Waals surface area contributed by atoms with E-state index in [0.29, 0.717) is 27.7 Å². The first-order valence-corrected chi connectivity index (χ1v) is 15.0. The van der Waals surface area contributed by atoms with Crippen LogP contribution >= 0.6 is 11.8 Å². The van der Waals surface area contributed by atoms with E-state index in [0.717, 1.165) is 54.6 Å². The van der Waals surface area contributed by atoms with E-state index < -0.39 is 5.97 Å². The summed E-state index contributed by atoms with van der Waals surface area (Å²) in [7, 11) is 3.01. The molecular formula is C33H35N5O4S. The van der Waals surface area contributed by atoms with Crippen molar-refractivity contribution in [3.05, 3.63) is 101 Å². The molecule has 1 aromatic heterocycles. The Morgan fingerprint density at radius 3 is 2.28 bits per heavy atom. The van der Waals surface area contributed by atoms with Crippen molar-refractivity contribution >= 4 is 40.8 Å². The molecule has 9 nitrogen and oxygen atoms in total. The second-order valence-corrected chi connectivity index (χ2v) is 11.2. The van der Waals surface area contributed by atoms with Gasteiger partial charge in [-0.1, -0.05) is 30.0 Å². The quantitative estimate of drug-likeness (QED) is 0.147. The SMILES string of the molecule is COC(=O)c1cccc(NC(=O)c2cccc(CSc3nc(C)c(C)c(N4CCN(c5ccc(OC)cc5)CC4)n3)c2)c1. The number of carbonyl (C=O) groups excluding carboxylic acids is 2. The molecule has 0 spiro atoms. The molecule has 0 aliphatic carbocycles. The van der Waals surface area contributed by atoms with Gasteiger partial charge in [0, 0.05) is 60.1 Å². The fourth-order valence-electron chi connectivity index (χ4n) is 4.93. The fourth-order valence-corrected chi connectivity index (χ4v) is 5.75. The van der Waals surface area contributed by atoms with Crippen molar-refractivity contribution in [1.82, 2.24) is 9.97 Å². The van der Waals surface area contributed by atoms with Crippen LogP contribution in [0.15, 0.2) is 78.0 Å². The van der Waals surface area contributed by atoms with Gasteiger partial charge in [0.15, 0.2) is 5.16 Å². The first-order valence-electron chi connectivity index (χ1n) is 14.0. The number of ether oxygens (including phenoxy) is 2. The van der Waals surface area contributed by atoms with E-state index in [1.54, 1.807) is 49.2 Å². The highest BCUT2D eigenvalue weighted by molar-refractivity contribution is 7.98. The van der Waals surface area contributed by atoms with Crippen LogP contribution in [-0.4, -0.2) is 62.2 Å². The molecule has 43 heavy (non-hydrogen) atoms. The zero-order valence-electron chi connectivity index (χ0n) is 24.8. The molecule has 1 aliphatic rings. The number of piperazine rings is 1. The molecule has 0 unspecified atom stereocenters. The zero-order valence-corrected chi connectivity index (χ0v) is 25.6. The summed E-state index contributed by atoms with van der Waals surface area (Å²) in [4.78, 5) is 39.2. The summed E-state index contributed by atoms with van der Waals surface area (Å²) in [6, 6.07) is 22.4. The molecule has 3 aromatic carbocycles. The molecule has 1 amide bonds. The van der Waals surface area contributed by atoms with Gasteiger partial charge >= 0.3 is 5.97 Å². The summed E-state index contributed by atoms with van der Waals surface area (Å²) >= 11 is 1.55. The van der Waals surface area contributed by atoms with E-state index in [1.165, 1.54) is 12.8 Å². The lowest BCUT2D eigenvalue weighted by molar-refractivity contribution is 0.0600. The van der Waals surface area contributed by atoms with Crippen LogP contribution in [0.4, 0.5) is 17.2 Å². The molecule has 10 heteroatoms. The second kappa shape index (κ2) is 13.6. The lowest BCUT2D eigenvalue weighted by Crippen LogP contribution is -2.47. The van der Waals surface area contributed by atoms with Crippen molar-refractivity contribution in [2.45, 2.75) is 24.8 Å². The van der Waals surface area contributed by atoms with Gasteiger partial charge in [-0.15, -0.1) is 0 Å². The Balaban J connectivity index is 1.22. The highest BCUT2D eigenvalue weighted by Gasteiger charge is 2.22. The van der Waals surface area contributed by atoms with Crippen molar-refractivity contribution in [3.63, 3.8) is 0 Å². The van der Waals surface area contributed by atoms with E-state index in [1.807, 2.05) is 37.3 Å². The second-order valence-electron chi connectivity index (χ2n) is 10.2. The van der Waals surface area contributed by atoms with E-state index in [4.69, 9.17) is 19.4 Å². The molecule has 1 N–H and O–H groups in total. The number of hydrogen-bond acceptors (Lipinski definition) is 9. The summed E-state index contributed by atoms with van der Waals surface area (Å²) in [6.45, 7) is 7.65. The van der Waals surface area contributed by atoms with Gasteiger partial charge in [0.05, 0.1) is 19.8 Å². The molecule has 4 aromatic rings. The summed E-state index contributed by atoms with van der Waals surface area (Å²) in [5.74, 6) is 1.74. The fraction of sp³-hybridized carbons (Fsp3) is 0.273. The van der Waals surface area contributed by atoms with Gasteiger partial charge in [0.25, 0.3) is 5.91 Å². The van der Waals surface area contributed by atoms with E-state index >= 15 is 0 Å². The van der Waals surface area contributed by atoms with E-state index in [-0.39, 0.29) is 5.91 Å². The maximum Gasteiger partial charge on any atom is 0.337 e. The van der Waals surface area contributed by atoms with Gasteiger partial charge in [-0.05, 0) is 74.0 Å². The molecule has 1 fully saturated rings. The number of carbonyl (C=O) groups is 2. The number of benzene rings is 3. The summed E-state index contributed by atoms with van der Waals surface area (Å²) in [5, 5.41) is 3.58. The predicted molar refractivity (Wildman–Crippen MR) is 171 cm³/mol. The molecule has 2 heterocycles. The molecule has 5 rings (SSSR count). The molecule has 0 radical (unpaired) electrons. The Hall–Kier alpha value is -4.57. The summed E-state index contributed by atoms with van der Waals surface area (Å²) < 4.78 is 10.1. The van der Waals surface area contributed by atoms with Gasteiger partial charge in [-0.3, -0.25) is 4.79 Å². The Bertz CT molecular complexity index is 1600. The number of hydrogen-bond donors (Lipinski definition) is 1. The number of esters is 1. The molecule has 0 atom stereocenters. The van der Waals surface area contributed by atoms with Gasteiger partial charge in [-0.2, -0.15) is 0 Å². The minimum absolute atomic E-state index is 0.257. The van der Waals surface area contributed by atoms with Crippen LogP contribution < -0.4 is 19.9 Å². The number of amides is 1. The van der Waals surface area contributed by atoms with Crippen LogP contribution in [0, 0.1) is 13.8 Å². The van der Waals surface area contributed by atoms with Crippen molar-refractivity contribution in [2.24, 2.45) is 0 Å². The molecule has 0 saturated carbocycles. The Morgan fingerprint density at radius 1 is 0.860 bits per heavy atom. The number of aromatic nitrogens is 2. The monoisotopic (exact) mass is 597 g/mol. The summed E-state index contributed by atoms with van der Waals surface area (Å²) in [6.07, 6.45) is 0. The molecular weight excluding hydrogens is 562 g/mol. The molecule has 1 aliphatic heterocycles. The van der Waals surface area contributed by atoms with Crippen LogP contribution in [-0.2, 0) is 10.5 Å². The van der Waals surface area contributed by atoms with E-state index in [2.05, 4.69) is 34.2 Å². The molecule has 0 bridgehead atoms. The first kappa shape index (κ1) is 29.9. The number of rotatable bonds is 9. The smallest absolute Gasteiger partial charge is 0.337 e. The summed E-state index contributed by atoms with van der Waals surface area (Å²) in [5.41, 5.74) is 5.66. The molecule has 1 saturated heterocycles. The Labute approximate surface area is 256 Å². The van der Waals surface area contributed by atoms with Crippen LogP contribution in [0.2, 0.25) is 0 Å². The van der Waals surface area contributed by atoms with Crippen LogP contribution in [0.5, 0.6) is 5.75 Å². The zero-order chi connectivity index (χ0) is 30.3. The number of nitrogens with one attached hydrogen (secondary N) is 1. The van der Waals surface area contributed by atoms with Crippen molar-refractivity contribution < 1.29 is 19.1 Å². The van der Waals surface area contributed by atoms with Gasteiger partial charge < -0.3 is 24.6 Å². The van der Waals surface area contributed by atoms with Gasteiger partial charge in [0.1, 0.15) is 11.6 Å². The highest BCUT2D eigenvalue weighted by Crippen LogP contribution is 2.28. The maximum absolute atomic E-state index is 13.0. The number of methoxy groups -OCH3 is 2. The van der Waals surface area contributed by atoms with Gasteiger partial charge in [-0.25, -0.2) is 14.8 Å². The van der Waals surface area contributed by atoms with Gasteiger partial charge in [0.2, 0.25) is 0 Å². The lowest BCUT2D eigenvalue weighted by atomic mass is 10.1. The maximum atomic E-state index is 13.0. The Kier molecular flexibility index (Phi) is 9.46. The Morgan fingerprint density at radius 2 is 1.56 bits per heavy atom. The van der Waals surface area contributed by atoms with Crippen LogP contribution in [0.25, 0.3) is 0 Å². The number of aryl methyl sites for hydroxylation is 1. The number of nitrogens with zero attached hydrogens (tertiary/aromatic N) is 4. The van der Waals surface area contributed by atoms with Crippen molar-refractivity contribution in [1.29, 1.82) is 0 Å². The van der Waals surface area contributed by atoms with Crippen LogP contribution in [0.3, 0.4) is 0 Å². The minimum atomic E-state index is -0.456. The largest absolute Gasteiger partial charge is 0.497 e. The standard InChI is InChI=1S/C33H35N5O4S/c1-22-23(2)34-33(36-30(22)38-17-15-37(16-18-38)28-11-13-29(41-3)14-12-28)43-21-24-7-5-8-25(19-24)31(39)35-27-10-6-9-26(20-27)32(40)42-4/h5-14,19-20H,15-18,21H2,1-4H3,(H,35,39). The normalized spacial score (nSPS) is 13.0. The third-order valence-corrected chi connectivity index (χ3v) is 8.38. The van der Waals surface area contributed by atoms with Crippen LogP contribution in [0.1, 0.15) is 37.5 Å². The molecule has 222 valence electrons. The first-order chi connectivity index (χ1) is 20.8. The number of thioether (sulfide) groups is 1. The average Bonchev–Trinajstić information content (AvgIpc) is 3.05. The van der Waals surface area contributed by atoms with Crippen molar-refractivity contribution in [3.8, 4) is 5.75 Å².